The van der Waals surface area contributed by atoms with E-state index in [0.29, 0.717) is 15.8 Å². The summed E-state index contributed by atoms with van der Waals surface area (Å²) in [5.74, 6) is 0.682. The highest BCUT2D eigenvalue weighted by molar-refractivity contribution is 8.27. The van der Waals surface area contributed by atoms with Crippen LogP contribution >= 0.6 is 24.0 Å². The molecule has 1 amide bonds. The fourth-order valence-corrected chi connectivity index (χ4v) is 3.84. The van der Waals surface area contributed by atoms with E-state index in [-0.39, 0.29) is 5.91 Å². The van der Waals surface area contributed by atoms with Crippen molar-refractivity contribution in [2.45, 2.75) is 13.3 Å². The van der Waals surface area contributed by atoms with E-state index in [4.69, 9.17) is 17.0 Å². The fourth-order valence-electron chi connectivity index (χ4n) is 2.54. The number of carbonyl (C=O) groups is 1. The zero-order chi connectivity index (χ0) is 18.5. The summed E-state index contributed by atoms with van der Waals surface area (Å²) in [6, 6.07) is 15.5. The average Bonchev–Trinajstić information content (AvgIpc) is 2.94. The van der Waals surface area contributed by atoms with E-state index in [0.717, 1.165) is 23.4 Å². The lowest BCUT2D eigenvalue weighted by molar-refractivity contribution is -0.113. The summed E-state index contributed by atoms with van der Waals surface area (Å²) in [4.78, 5) is 15.0. The van der Waals surface area contributed by atoms with Crippen LogP contribution in [0.15, 0.2) is 66.1 Å². The number of aryl methyl sites for hydroxylation is 1. The molecule has 0 atom stereocenters. The van der Waals surface area contributed by atoms with Crippen molar-refractivity contribution in [1.82, 2.24) is 0 Å². The molecule has 1 heterocycles. The molecule has 0 aliphatic carbocycles. The van der Waals surface area contributed by atoms with Gasteiger partial charge in [0.05, 0.1) is 10.6 Å². The van der Waals surface area contributed by atoms with Gasteiger partial charge in [-0.25, -0.2) is 0 Å². The number of rotatable bonds is 6. The Labute approximate surface area is 163 Å². The van der Waals surface area contributed by atoms with Crippen LogP contribution in [0.25, 0.3) is 6.08 Å². The molecule has 0 N–H and O–H groups in total. The molecule has 2 aromatic carbocycles. The number of amides is 1. The third-order valence-corrected chi connectivity index (χ3v) is 5.24. The largest absolute Gasteiger partial charge is 0.490 e. The van der Waals surface area contributed by atoms with Gasteiger partial charge in [0.25, 0.3) is 5.91 Å². The van der Waals surface area contributed by atoms with Crippen molar-refractivity contribution < 1.29 is 9.53 Å². The normalized spacial score (nSPS) is 15.6. The number of hydrogen-bond acceptors (Lipinski definition) is 4. The van der Waals surface area contributed by atoms with Crippen LogP contribution in [0, 0.1) is 0 Å². The van der Waals surface area contributed by atoms with Crippen LogP contribution in [-0.2, 0) is 11.2 Å². The van der Waals surface area contributed by atoms with E-state index in [1.807, 2.05) is 54.6 Å². The first kappa shape index (κ1) is 18.4. The molecule has 1 aliphatic heterocycles. The number of thioether (sulfide) groups is 1. The summed E-state index contributed by atoms with van der Waals surface area (Å²) < 4.78 is 6.02. The molecule has 132 valence electrons. The van der Waals surface area contributed by atoms with E-state index in [2.05, 4.69) is 13.5 Å². The second-order valence-corrected chi connectivity index (χ2v) is 7.38. The number of ether oxygens (including phenoxy) is 1. The molecule has 1 saturated heterocycles. The molecular weight excluding hydrogens is 362 g/mol. The molecule has 26 heavy (non-hydrogen) atoms. The zero-order valence-electron chi connectivity index (χ0n) is 14.5. The maximum absolute atomic E-state index is 12.8. The minimum atomic E-state index is -0.0868. The molecule has 0 bridgehead atoms. The van der Waals surface area contributed by atoms with Crippen LogP contribution in [0.4, 0.5) is 5.69 Å². The maximum Gasteiger partial charge on any atom is 0.270 e. The van der Waals surface area contributed by atoms with Gasteiger partial charge in [-0.3, -0.25) is 9.69 Å². The third-order valence-electron chi connectivity index (χ3n) is 3.94. The molecule has 5 heteroatoms. The van der Waals surface area contributed by atoms with Crippen LogP contribution in [0.2, 0.25) is 0 Å². The van der Waals surface area contributed by atoms with E-state index >= 15 is 0 Å². The Balaban J connectivity index is 1.79. The second-order valence-electron chi connectivity index (χ2n) is 5.71. The lowest BCUT2D eigenvalue weighted by Gasteiger charge is -2.14. The standard InChI is InChI=1S/C21H19NO2S2/c1-3-13-24-18-11-7-16(8-12-18)14-19-20(23)22(21(25)26-19)17-9-5-15(4-2)6-10-17/h3,5-12,14H,1,4,13H2,2H3. The number of carbonyl (C=O) groups excluding carboxylic acids is 1. The number of benzene rings is 2. The van der Waals surface area contributed by atoms with Gasteiger partial charge >= 0.3 is 0 Å². The summed E-state index contributed by atoms with van der Waals surface area (Å²) in [5, 5.41) is 0. The fraction of sp³-hybridized carbons (Fsp3) is 0.143. The predicted molar refractivity (Wildman–Crippen MR) is 114 cm³/mol. The highest BCUT2D eigenvalue weighted by Gasteiger charge is 2.33. The lowest BCUT2D eigenvalue weighted by Crippen LogP contribution is -2.27. The van der Waals surface area contributed by atoms with Crippen molar-refractivity contribution in [3.8, 4) is 5.75 Å². The molecule has 0 saturated carbocycles. The molecule has 0 spiro atoms. The van der Waals surface area contributed by atoms with Crippen molar-refractivity contribution >= 4 is 46.0 Å². The number of thiocarbonyl (C=S) groups is 1. The monoisotopic (exact) mass is 381 g/mol. The van der Waals surface area contributed by atoms with Crippen LogP contribution in [-0.4, -0.2) is 16.8 Å². The number of nitrogens with zero attached hydrogens (tertiary/aromatic N) is 1. The van der Waals surface area contributed by atoms with E-state index in [9.17, 15) is 4.79 Å². The molecule has 3 rings (SSSR count). The van der Waals surface area contributed by atoms with Crippen molar-refractivity contribution in [1.29, 1.82) is 0 Å². The smallest absolute Gasteiger partial charge is 0.270 e. The van der Waals surface area contributed by atoms with Crippen molar-refractivity contribution in [3.63, 3.8) is 0 Å². The molecule has 0 aromatic heterocycles. The first-order valence-corrected chi connectivity index (χ1v) is 9.55. The van der Waals surface area contributed by atoms with Gasteiger partial charge in [-0.2, -0.15) is 0 Å². The Morgan fingerprint density at radius 2 is 1.85 bits per heavy atom. The number of hydrogen-bond donors (Lipinski definition) is 0. The van der Waals surface area contributed by atoms with Crippen molar-refractivity contribution in [2.24, 2.45) is 0 Å². The molecule has 3 nitrogen and oxygen atoms in total. The van der Waals surface area contributed by atoms with Gasteiger partial charge < -0.3 is 4.74 Å². The van der Waals surface area contributed by atoms with Gasteiger partial charge in [-0.1, -0.05) is 67.8 Å². The summed E-state index contributed by atoms with van der Waals surface area (Å²) in [5.41, 5.74) is 2.97. The number of anilines is 1. The predicted octanol–water partition coefficient (Wildman–Crippen LogP) is 5.22. The minimum absolute atomic E-state index is 0.0868. The van der Waals surface area contributed by atoms with Crippen LogP contribution in [0.5, 0.6) is 5.75 Å². The molecule has 1 aliphatic rings. The highest BCUT2D eigenvalue weighted by Crippen LogP contribution is 2.36. The van der Waals surface area contributed by atoms with Gasteiger partial charge in [-0.05, 0) is 47.9 Å². The molecule has 0 unspecified atom stereocenters. The quantitative estimate of drug-likeness (QED) is 0.390. The van der Waals surface area contributed by atoms with Gasteiger partial charge in [0.15, 0.2) is 4.32 Å². The topological polar surface area (TPSA) is 29.5 Å². The van der Waals surface area contributed by atoms with Gasteiger partial charge in [0.2, 0.25) is 0 Å². The van der Waals surface area contributed by atoms with Crippen LogP contribution in [0.1, 0.15) is 18.1 Å². The van der Waals surface area contributed by atoms with E-state index in [1.54, 1.807) is 11.0 Å². The van der Waals surface area contributed by atoms with Gasteiger partial charge in [0.1, 0.15) is 12.4 Å². The maximum atomic E-state index is 12.8. The summed E-state index contributed by atoms with van der Waals surface area (Å²) >= 11 is 6.74. The van der Waals surface area contributed by atoms with Crippen LogP contribution in [0.3, 0.4) is 0 Å². The lowest BCUT2D eigenvalue weighted by atomic mass is 10.1. The van der Waals surface area contributed by atoms with Gasteiger partial charge in [-0.15, -0.1) is 0 Å². The molecule has 0 radical (unpaired) electrons. The SMILES string of the molecule is C=CCOc1ccc(C=C2SC(=S)N(c3ccc(CC)cc3)C2=O)cc1. The Hall–Kier alpha value is -2.37. The molecule has 2 aromatic rings. The molecular formula is C21H19NO2S2. The minimum Gasteiger partial charge on any atom is -0.490 e. The van der Waals surface area contributed by atoms with Crippen molar-refractivity contribution in [3.05, 3.63) is 77.2 Å². The summed E-state index contributed by atoms with van der Waals surface area (Å²) in [6.45, 7) is 6.20. The second kappa shape index (κ2) is 8.34. The third kappa shape index (κ3) is 4.06. The summed E-state index contributed by atoms with van der Waals surface area (Å²) in [7, 11) is 0. The van der Waals surface area contributed by atoms with E-state index in [1.165, 1.54) is 17.3 Å². The first-order chi connectivity index (χ1) is 12.6. The summed E-state index contributed by atoms with van der Waals surface area (Å²) in [6.07, 6.45) is 4.52. The van der Waals surface area contributed by atoms with Crippen LogP contribution < -0.4 is 9.64 Å². The zero-order valence-corrected chi connectivity index (χ0v) is 16.1. The highest BCUT2D eigenvalue weighted by atomic mass is 32.2. The van der Waals surface area contributed by atoms with Gasteiger partial charge in [0, 0.05) is 0 Å². The Morgan fingerprint density at radius 3 is 2.46 bits per heavy atom. The average molecular weight is 382 g/mol. The molecule has 1 fully saturated rings. The Bertz CT molecular complexity index is 855. The Morgan fingerprint density at radius 1 is 1.15 bits per heavy atom. The first-order valence-electron chi connectivity index (χ1n) is 8.33. The Kier molecular flexibility index (Phi) is 5.91. The van der Waals surface area contributed by atoms with Crippen molar-refractivity contribution in [2.75, 3.05) is 11.5 Å². The van der Waals surface area contributed by atoms with E-state index < -0.39 is 0 Å².